The molecule has 3 aliphatic heterocycles. The van der Waals surface area contributed by atoms with E-state index in [1.165, 1.54) is 46.6 Å². The fourth-order valence-electron chi connectivity index (χ4n) is 6.25. The Hall–Kier alpha value is -4.31. The molecule has 44 heavy (non-hydrogen) atoms. The van der Waals surface area contributed by atoms with Crippen molar-refractivity contribution in [3.63, 3.8) is 0 Å². The van der Waals surface area contributed by atoms with Crippen molar-refractivity contribution in [1.29, 1.82) is 0 Å². The van der Waals surface area contributed by atoms with Crippen LogP contribution in [0.5, 0.6) is 0 Å². The molecule has 0 radical (unpaired) electrons. The highest BCUT2D eigenvalue weighted by Crippen LogP contribution is 2.43. The van der Waals surface area contributed by atoms with Crippen molar-refractivity contribution in [1.82, 2.24) is 25.2 Å². The first kappa shape index (κ1) is 31.1. The van der Waals surface area contributed by atoms with Crippen LogP contribution in [0.1, 0.15) is 44.7 Å². The number of benzene rings is 1. The molecule has 5 rings (SSSR count). The summed E-state index contributed by atoms with van der Waals surface area (Å²) in [6.07, 6.45) is 1.43. The van der Waals surface area contributed by atoms with Crippen LogP contribution in [0.4, 0.5) is 11.5 Å². The van der Waals surface area contributed by atoms with Gasteiger partial charge in [0.15, 0.2) is 5.82 Å². The average Bonchev–Trinajstić information content (AvgIpc) is 3.68. The zero-order chi connectivity index (χ0) is 32.1. The lowest BCUT2D eigenvalue weighted by Gasteiger charge is -2.39. The number of H-pyrrole nitrogens is 1. The smallest absolute Gasteiger partial charge is 0.254 e. The van der Waals surface area contributed by atoms with E-state index in [-0.39, 0.29) is 30.4 Å². The molecule has 3 aliphatic rings. The summed E-state index contributed by atoms with van der Waals surface area (Å²) in [5.41, 5.74) is 13.6. The van der Waals surface area contributed by atoms with Crippen molar-refractivity contribution in [2.24, 2.45) is 11.5 Å². The lowest BCUT2D eigenvalue weighted by Crippen LogP contribution is -2.64. The molecule has 234 valence electrons. The van der Waals surface area contributed by atoms with Gasteiger partial charge in [0.2, 0.25) is 17.7 Å². The van der Waals surface area contributed by atoms with E-state index < -0.39 is 64.9 Å². The number of thioether (sulfide) groups is 1. The van der Waals surface area contributed by atoms with Gasteiger partial charge in [0, 0.05) is 25.1 Å². The SMILES string of the molecule is CC(=O)N1CSC(C)(C)C1C(=O)N(C(=O)[C@@H](N)CC(N)=O)[C@H]1CCc2cccc3c2N(C1=O)[C@H](C(=O)N(C)c1c[nH]nn1)C3. The molecule has 0 aliphatic carbocycles. The minimum Gasteiger partial charge on any atom is -0.370 e. The van der Waals surface area contributed by atoms with Gasteiger partial charge in [-0.15, -0.1) is 16.9 Å². The van der Waals surface area contributed by atoms with Crippen LogP contribution in [0.15, 0.2) is 24.4 Å². The third-order valence-electron chi connectivity index (χ3n) is 8.45. The number of likely N-dealkylation sites (N-methyl/N-ethyl adjacent to an activating group) is 1. The number of aryl methyl sites for hydroxylation is 1. The molecule has 5 N–H and O–H groups in total. The van der Waals surface area contributed by atoms with E-state index in [2.05, 4.69) is 15.4 Å². The fourth-order valence-corrected chi connectivity index (χ4v) is 7.44. The molecule has 1 fully saturated rings. The molecule has 1 aromatic carbocycles. The highest BCUT2D eigenvalue weighted by atomic mass is 32.2. The number of hydrogen-bond donors (Lipinski definition) is 3. The normalized spacial score (nSPS) is 22.7. The molecular weight excluding hydrogens is 590 g/mol. The second-order valence-corrected chi connectivity index (χ2v) is 13.3. The molecule has 0 bridgehead atoms. The van der Waals surface area contributed by atoms with Crippen molar-refractivity contribution in [2.45, 2.75) is 75.4 Å². The van der Waals surface area contributed by atoms with Gasteiger partial charge in [-0.3, -0.25) is 48.6 Å². The Morgan fingerprint density at radius 1 is 1.18 bits per heavy atom. The monoisotopic (exact) mass is 625 g/mol. The molecule has 6 amide bonds. The van der Waals surface area contributed by atoms with Gasteiger partial charge in [-0.2, -0.15) is 0 Å². The van der Waals surface area contributed by atoms with Crippen LogP contribution in [-0.2, 0) is 41.6 Å². The molecule has 15 nitrogen and oxygen atoms in total. The number of nitrogens with zero attached hydrogens (tertiary/aromatic N) is 6. The highest BCUT2D eigenvalue weighted by Gasteiger charge is 2.54. The summed E-state index contributed by atoms with van der Waals surface area (Å²) in [5.74, 6) is -3.61. The van der Waals surface area contributed by atoms with Gasteiger partial charge in [0.25, 0.3) is 17.7 Å². The lowest BCUT2D eigenvalue weighted by atomic mass is 9.96. The van der Waals surface area contributed by atoms with E-state index in [1.807, 2.05) is 18.2 Å². The standard InChI is InChI=1S/C28H35N9O6S/c1-14(38)35-13-44-28(2,3)23(35)27(43)37(24(40)17(29)11-20(30)39)18-9-8-15-6-5-7-16-10-19(36(22(15)16)26(18)42)25(41)34(4)21-12-31-33-32-21/h5-7,12,17-19,23H,8-11,13,29H2,1-4H3,(H2,30,39)(H,31,32,33)/t17-,18-,19-,23?/m0/s1. The maximum Gasteiger partial charge on any atom is 0.254 e. The van der Waals surface area contributed by atoms with Gasteiger partial charge in [0.05, 0.1) is 30.2 Å². The summed E-state index contributed by atoms with van der Waals surface area (Å²) < 4.78 is -0.814. The van der Waals surface area contributed by atoms with Gasteiger partial charge >= 0.3 is 0 Å². The minimum atomic E-state index is -1.51. The molecule has 4 atom stereocenters. The Morgan fingerprint density at radius 2 is 1.89 bits per heavy atom. The Kier molecular flexibility index (Phi) is 8.24. The van der Waals surface area contributed by atoms with E-state index in [4.69, 9.17) is 11.5 Å². The zero-order valence-corrected chi connectivity index (χ0v) is 25.7. The summed E-state index contributed by atoms with van der Waals surface area (Å²) in [7, 11) is 1.52. The molecule has 4 heterocycles. The summed E-state index contributed by atoms with van der Waals surface area (Å²) in [6.45, 7) is 4.89. The summed E-state index contributed by atoms with van der Waals surface area (Å²) in [6, 6.07) is 0.528. The first-order valence-corrected chi connectivity index (χ1v) is 15.1. The number of nitrogens with two attached hydrogens (primary N) is 2. The first-order valence-electron chi connectivity index (χ1n) is 14.1. The minimum absolute atomic E-state index is 0.0347. The third-order valence-corrected chi connectivity index (χ3v) is 9.83. The van der Waals surface area contributed by atoms with Crippen LogP contribution in [0.25, 0.3) is 0 Å². The quantitative estimate of drug-likeness (QED) is 0.352. The number of carbonyl (C=O) groups is 6. The van der Waals surface area contributed by atoms with Crippen molar-refractivity contribution in [3.8, 4) is 0 Å². The van der Waals surface area contributed by atoms with E-state index >= 15 is 0 Å². The summed E-state index contributed by atoms with van der Waals surface area (Å²) in [4.78, 5) is 86.1. The predicted molar refractivity (Wildman–Crippen MR) is 160 cm³/mol. The van der Waals surface area contributed by atoms with Crippen LogP contribution < -0.4 is 21.3 Å². The van der Waals surface area contributed by atoms with E-state index in [0.29, 0.717) is 12.1 Å². The van der Waals surface area contributed by atoms with Crippen molar-refractivity contribution < 1.29 is 28.8 Å². The number of nitrogens with one attached hydrogen (secondary N) is 1. The molecular formula is C28H35N9O6S. The number of para-hydroxylation sites is 1. The largest absolute Gasteiger partial charge is 0.370 e. The molecule has 2 aromatic rings. The molecule has 1 unspecified atom stereocenters. The fraction of sp³-hybridized carbons (Fsp3) is 0.500. The number of aromatic amines is 1. The van der Waals surface area contributed by atoms with Gasteiger partial charge in [-0.1, -0.05) is 23.4 Å². The van der Waals surface area contributed by atoms with Crippen LogP contribution >= 0.6 is 11.8 Å². The Balaban J connectivity index is 1.59. The topological polar surface area (TPSA) is 209 Å². The highest BCUT2D eigenvalue weighted by molar-refractivity contribution is 8.00. The zero-order valence-electron chi connectivity index (χ0n) is 24.9. The predicted octanol–water partition coefficient (Wildman–Crippen LogP) is -0.702. The van der Waals surface area contributed by atoms with Crippen LogP contribution in [0.3, 0.4) is 0 Å². The van der Waals surface area contributed by atoms with Gasteiger partial charge in [-0.25, -0.2) is 0 Å². The van der Waals surface area contributed by atoms with E-state index in [0.717, 1.165) is 16.0 Å². The number of aromatic nitrogens is 3. The van der Waals surface area contributed by atoms with Crippen LogP contribution in [-0.4, -0.2) is 102 Å². The summed E-state index contributed by atoms with van der Waals surface area (Å²) >= 11 is 1.36. The van der Waals surface area contributed by atoms with Crippen molar-refractivity contribution >= 4 is 58.7 Å². The van der Waals surface area contributed by atoms with Crippen LogP contribution in [0.2, 0.25) is 0 Å². The van der Waals surface area contributed by atoms with Gasteiger partial charge in [0.1, 0.15) is 18.1 Å². The molecule has 16 heteroatoms. The third kappa shape index (κ3) is 5.32. The van der Waals surface area contributed by atoms with E-state index in [1.54, 1.807) is 13.8 Å². The van der Waals surface area contributed by atoms with E-state index in [9.17, 15) is 28.8 Å². The maximum atomic E-state index is 14.6. The number of imide groups is 1. The Labute approximate surface area is 257 Å². The number of rotatable bonds is 7. The Bertz CT molecular complexity index is 1530. The lowest BCUT2D eigenvalue weighted by molar-refractivity contribution is -0.158. The van der Waals surface area contributed by atoms with Crippen molar-refractivity contribution in [3.05, 3.63) is 35.5 Å². The van der Waals surface area contributed by atoms with Gasteiger partial charge < -0.3 is 16.4 Å². The molecule has 1 saturated heterocycles. The average molecular weight is 626 g/mol. The number of primary amides is 1. The number of anilines is 2. The first-order chi connectivity index (χ1) is 20.7. The molecule has 1 aromatic heterocycles. The molecule has 0 spiro atoms. The summed E-state index contributed by atoms with van der Waals surface area (Å²) in [5, 5.41) is 10.1. The second kappa shape index (κ2) is 11.6. The van der Waals surface area contributed by atoms with Crippen LogP contribution in [0, 0.1) is 0 Å². The van der Waals surface area contributed by atoms with Gasteiger partial charge in [-0.05, 0) is 37.8 Å². The number of amides is 6. The Morgan fingerprint density at radius 3 is 2.52 bits per heavy atom. The maximum absolute atomic E-state index is 14.6. The number of carbonyl (C=O) groups excluding carboxylic acids is 6. The number of hydrogen-bond acceptors (Lipinski definition) is 10. The molecule has 0 saturated carbocycles. The van der Waals surface area contributed by atoms with Crippen molar-refractivity contribution in [2.75, 3.05) is 22.7 Å². The second-order valence-electron chi connectivity index (χ2n) is 11.7.